The summed E-state index contributed by atoms with van der Waals surface area (Å²) in [6.45, 7) is 70.4. The number of rotatable bonds is 0. The van der Waals surface area contributed by atoms with Gasteiger partial charge in [0.05, 0.1) is 26.3 Å². The molecule has 32 heteroatoms. The summed E-state index contributed by atoms with van der Waals surface area (Å²) in [6.07, 6.45) is 0. The van der Waals surface area contributed by atoms with E-state index in [0.717, 1.165) is 50.6 Å². The van der Waals surface area contributed by atoms with E-state index in [4.69, 9.17) is 131 Å². The van der Waals surface area contributed by atoms with Gasteiger partial charge in [0.25, 0.3) is 5.09 Å². The molecule has 0 fully saturated rings. The van der Waals surface area contributed by atoms with Crippen molar-refractivity contribution in [2.75, 3.05) is 0 Å². The fourth-order valence-electron chi connectivity index (χ4n) is 5.66. The minimum absolute atomic E-state index is 0. The fraction of sp³-hybridized carbons (Fsp3) is 0.188. The molecule has 0 spiro atoms. The summed E-state index contributed by atoms with van der Waals surface area (Å²) in [5.41, 5.74) is 40.4. The van der Waals surface area contributed by atoms with E-state index in [1.54, 1.807) is 0 Å². The second-order valence-electron chi connectivity index (χ2n) is 16.6. The van der Waals surface area contributed by atoms with E-state index in [-0.39, 0.29) is 85.3 Å². The van der Waals surface area contributed by atoms with Crippen molar-refractivity contribution in [3.05, 3.63) is 361 Å². The molecule has 0 aliphatic carbocycles. The molecule has 0 atom stereocenters. The van der Waals surface area contributed by atoms with Crippen LogP contribution in [0.25, 0.3) is 41.8 Å². The van der Waals surface area contributed by atoms with Crippen molar-refractivity contribution in [2.45, 2.75) is 83.1 Å². The Bertz CT molecular complexity index is 3030. The number of benzene rings is 4. The zero-order valence-corrected chi connectivity index (χ0v) is 60.3. The van der Waals surface area contributed by atoms with E-state index >= 15 is 0 Å². The number of halogens is 6. The van der Waals surface area contributed by atoms with Crippen LogP contribution in [0.4, 0.5) is 47.9 Å². The van der Waals surface area contributed by atoms with Gasteiger partial charge < -0.3 is 94.5 Å². The van der Waals surface area contributed by atoms with E-state index in [2.05, 4.69) is 95.6 Å². The van der Waals surface area contributed by atoms with Crippen molar-refractivity contribution in [1.82, 2.24) is 0 Å². The molecular weight excluding hydrogens is 1480 g/mol. The molecule has 8 rings (SSSR count). The van der Waals surface area contributed by atoms with Crippen molar-refractivity contribution < 1.29 is 121 Å². The molecule has 0 bridgehead atoms. The Morgan fingerprint density at radius 2 is 0.562 bits per heavy atom. The van der Waals surface area contributed by atoms with Crippen LogP contribution in [0.1, 0.15) is 66.8 Å². The smallest absolute Gasteiger partial charge is 0.577 e. The van der Waals surface area contributed by atoms with Crippen molar-refractivity contribution >= 4 is 30.6 Å². The van der Waals surface area contributed by atoms with Gasteiger partial charge in [-0.25, -0.2) is 67.9 Å². The molecule has 0 unspecified atom stereocenters. The summed E-state index contributed by atoms with van der Waals surface area (Å²) in [5, 5.41) is 38.6. The molecular formula is C64H65F6Mn5N13O7P-5. The Balaban J connectivity index is -0.0000000571. The molecule has 0 saturated carbocycles. The van der Waals surface area contributed by atoms with Gasteiger partial charge in [-0.1, -0.05) is 117 Å². The van der Waals surface area contributed by atoms with Gasteiger partial charge in [0, 0.05) is 17.1 Å². The van der Waals surface area contributed by atoms with E-state index in [9.17, 15) is 25.2 Å². The number of hydrogen-bond donors (Lipinski definition) is 1. The third-order valence-corrected chi connectivity index (χ3v) is 9.29. The number of hydrogen-bond acceptors (Lipinski definition) is 10. The van der Waals surface area contributed by atoms with Crippen molar-refractivity contribution in [3.63, 3.8) is 0 Å². The molecule has 1 N–H and O–H groups in total. The fourth-order valence-corrected chi connectivity index (χ4v) is 5.66. The summed E-state index contributed by atoms with van der Waals surface area (Å²) < 4.78 is 59.2. The molecule has 0 aromatic heterocycles. The first-order valence-corrected chi connectivity index (χ1v) is 26.3. The summed E-state index contributed by atoms with van der Waals surface area (Å²) in [6, 6.07) is 56.4. The average Bonchev–Trinajstić information content (AvgIpc) is 1.25. The Morgan fingerprint density at radius 1 is 0.385 bits per heavy atom. The molecule has 0 amide bonds. The zero-order valence-electron chi connectivity index (χ0n) is 53.5. The monoisotopic (exact) mass is 1550 g/mol. The van der Waals surface area contributed by atoms with Gasteiger partial charge in [0.1, 0.15) is 0 Å². The van der Waals surface area contributed by atoms with Crippen LogP contribution >= 0.6 is 7.81 Å². The first kappa shape index (κ1) is 124. The Morgan fingerprint density at radius 3 is 0.656 bits per heavy atom. The van der Waals surface area contributed by atoms with Gasteiger partial charge in [-0.2, -0.15) is 70.8 Å². The summed E-state index contributed by atoms with van der Waals surface area (Å²) in [4.78, 5) is 50.9. The second-order valence-corrected chi connectivity index (χ2v) is 18.5. The van der Waals surface area contributed by atoms with Gasteiger partial charge in [0.2, 0.25) is 0 Å². The average molecular weight is 1550 g/mol. The molecule has 0 saturated heterocycles. The van der Waals surface area contributed by atoms with Gasteiger partial charge in [-0.15, -0.1) is 10.1 Å². The maximum Gasteiger partial charge on any atom is 2.00 e. The number of nitroso groups, excluding NO2 is 4. The Hall–Kier alpha value is -9.59. The zero-order chi connectivity index (χ0) is 73.9. The van der Waals surface area contributed by atoms with Crippen molar-refractivity contribution in [3.8, 4) is 0 Å². The summed E-state index contributed by atoms with van der Waals surface area (Å²) >= 11 is 0. The first-order chi connectivity index (χ1) is 42.7. The Labute approximate surface area is 611 Å². The van der Waals surface area contributed by atoms with Gasteiger partial charge in [-0.05, 0) is 83.2 Å². The van der Waals surface area contributed by atoms with Crippen LogP contribution in [0.3, 0.4) is 0 Å². The normalized spacial score (nSPS) is 8.10. The van der Waals surface area contributed by atoms with Crippen LogP contribution in [0.5, 0.6) is 0 Å². The largest absolute Gasteiger partial charge is 2.00 e. The molecule has 20 nitrogen and oxygen atoms in total. The van der Waals surface area contributed by atoms with Crippen LogP contribution in [0.15, 0.2) is 170 Å². The van der Waals surface area contributed by atoms with Gasteiger partial charge in [-0.3, -0.25) is 0 Å². The first-order valence-electron chi connectivity index (χ1n) is 24.3. The molecule has 8 aromatic rings. The summed E-state index contributed by atoms with van der Waals surface area (Å²) in [5.74, 6) is 0. The topological polar surface area (TPSA) is 333 Å². The number of para-hydroxylation sites is 1. The van der Waals surface area contributed by atoms with E-state index in [1.807, 2.05) is 177 Å². The third kappa shape index (κ3) is 93.1. The molecule has 0 aliphatic rings. The molecule has 96 heavy (non-hydrogen) atoms. The third-order valence-electron chi connectivity index (χ3n) is 9.29. The van der Waals surface area contributed by atoms with E-state index in [1.165, 1.54) is 38.9 Å². The van der Waals surface area contributed by atoms with Gasteiger partial charge in [0.15, 0.2) is 22.7 Å². The predicted molar refractivity (Wildman–Crippen MR) is 345 cm³/mol. The van der Waals surface area contributed by atoms with Crippen LogP contribution in [-0.4, -0.2) is 10.3 Å². The molecule has 515 valence electrons. The van der Waals surface area contributed by atoms with Crippen molar-refractivity contribution in [1.29, 1.82) is 21.0 Å². The molecule has 8 aromatic carbocycles. The van der Waals surface area contributed by atoms with Crippen molar-refractivity contribution in [2.24, 2.45) is 0 Å². The van der Waals surface area contributed by atoms with Crippen LogP contribution in [-0.2, 0) is 85.3 Å². The predicted octanol–water partition coefficient (Wildman–Crippen LogP) is 23.0. The van der Waals surface area contributed by atoms with Crippen LogP contribution in [0, 0.1) is 186 Å². The maximum absolute atomic E-state index is 10.7. The van der Waals surface area contributed by atoms with Crippen LogP contribution < -0.4 is 0 Å². The quantitative estimate of drug-likeness (QED) is 0.0371. The molecule has 0 heterocycles. The van der Waals surface area contributed by atoms with E-state index < -0.39 is 12.9 Å². The summed E-state index contributed by atoms with van der Waals surface area (Å²) in [7, 11) is -10.7. The number of nitrogens with zero attached hydrogens (tertiary/aromatic N) is 13. The SMILES string of the molecule is Cc1ccc[cH-]1.Cc1ccc[cH-]1.Cc1ccc[cH-]1.Cc1ccc[cH-]1.F[P-](F)(F)(F)(F)F.O=[N+]([O-])O.[C-]#N.[C-]#N.[C-]#N.[C-]#N.[C-]#[N+]c1c(C)cccc1C.[C-]#[N+]c1ccc(C)cc1C.[C-]#[N+]c1ccc(C)cc1C.[C-]#[N+]c1ccc(C)cc1C.[Mn+2].[Mn+2].[Mn+2].[Mn+2].[Mn].[N-]=O.[N-]=O.[N-]=O.[N-]=O. The maximum atomic E-state index is 9.87. The minimum atomic E-state index is -10.7. The minimum Gasteiger partial charge on any atom is -0.577 e. The number of aryl methyl sites for hydroxylation is 12. The van der Waals surface area contributed by atoms with Crippen LogP contribution in [0.2, 0.25) is 0 Å². The molecule has 0 aliphatic heterocycles. The second kappa shape index (κ2) is 77.9. The Kier molecular flexibility index (Phi) is 100. The van der Waals surface area contributed by atoms with Gasteiger partial charge >= 0.3 is 101 Å². The van der Waals surface area contributed by atoms with E-state index in [0.29, 0.717) is 0 Å². The molecule has 5 radical (unpaired) electrons. The standard InChI is InChI=1S/4C9H9N.4C6H7.4CN.F6P.5Mn.HNO3.4NO/c3*1-7-4-5-9(10-3)8(2)6-7;1-7-5-4-6-8(2)9(7)10-3;4*1-6-4-2-3-5-6;4*1-2;1-7(2,3,4,5)6;;;;;;2-1(3)4;4*1-2/h4*4-6H,1-2H3;4*2-5H,1H3;;;;;;;;;;;(H,2,3,4);;;;/q;;;;9*-1;;4*+2;;4*-1.